The fourth-order valence-electron chi connectivity index (χ4n) is 2.95. The second-order valence-corrected chi connectivity index (χ2v) is 8.49. The van der Waals surface area contributed by atoms with Gasteiger partial charge in [0.1, 0.15) is 5.75 Å². The van der Waals surface area contributed by atoms with Crippen molar-refractivity contribution in [3.8, 4) is 5.75 Å². The Hall–Kier alpha value is -3.16. The Morgan fingerprint density at radius 1 is 0.833 bits per heavy atom. The van der Waals surface area contributed by atoms with E-state index in [1.165, 1.54) is 19.2 Å². The van der Waals surface area contributed by atoms with E-state index in [2.05, 4.69) is 4.72 Å². The Morgan fingerprint density at radius 2 is 1.33 bits per heavy atom. The number of benzene rings is 3. The van der Waals surface area contributed by atoms with E-state index < -0.39 is 10.0 Å². The summed E-state index contributed by atoms with van der Waals surface area (Å²) in [7, 11) is -2.30. The summed E-state index contributed by atoms with van der Waals surface area (Å²) in [5.74, 6) is 0.252. The summed E-state index contributed by atoms with van der Waals surface area (Å²) in [6.45, 7) is 0.450. The molecule has 0 aliphatic rings. The van der Waals surface area contributed by atoms with E-state index in [4.69, 9.17) is 4.74 Å². The van der Waals surface area contributed by atoms with E-state index in [9.17, 15) is 13.2 Å². The number of hydrogen-bond donors (Lipinski definition) is 1. The van der Waals surface area contributed by atoms with Crippen LogP contribution in [-0.2, 0) is 27.9 Å². The van der Waals surface area contributed by atoms with Gasteiger partial charge in [-0.3, -0.25) is 4.79 Å². The highest BCUT2D eigenvalue weighted by molar-refractivity contribution is 7.89. The number of methoxy groups -OCH3 is 1. The van der Waals surface area contributed by atoms with Gasteiger partial charge in [-0.15, -0.1) is 0 Å². The van der Waals surface area contributed by atoms with Crippen molar-refractivity contribution in [2.24, 2.45) is 0 Å². The van der Waals surface area contributed by atoms with Gasteiger partial charge in [-0.2, -0.15) is 0 Å². The number of hydrogen-bond acceptors (Lipinski definition) is 4. The van der Waals surface area contributed by atoms with Crippen LogP contribution in [0.5, 0.6) is 5.75 Å². The zero-order valence-electron chi connectivity index (χ0n) is 16.7. The minimum atomic E-state index is -3.81. The quantitative estimate of drug-likeness (QED) is 0.572. The van der Waals surface area contributed by atoms with Crippen molar-refractivity contribution in [2.75, 3.05) is 13.7 Å². The van der Waals surface area contributed by atoms with Crippen molar-refractivity contribution in [3.63, 3.8) is 0 Å². The molecule has 0 aliphatic heterocycles. The molecule has 156 valence electrons. The summed E-state index contributed by atoms with van der Waals surface area (Å²) < 4.78 is 32.6. The SMILES string of the molecule is COc1ccc(S(=O)(=O)NCC(=O)N(Cc2ccccc2)Cc2ccccc2)cc1. The molecule has 0 atom stereocenters. The number of carbonyl (C=O) groups is 1. The molecule has 3 aromatic rings. The fraction of sp³-hybridized carbons (Fsp3) is 0.174. The highest BCUT2D eigenvalue weighted by Gasteiger charge is 2.19. The van der Waals surface area contributed by atoms with Crippen molar-refractivity contribution in [1.82, 2.24) is 9.62 Å². The third-order valence-electron chi connectivity index (χ3n) is 4.57. The Bertz CT molecular complexity index is 1010. The van der Waals surface area contributed by atoms with Crippen LogP contribution in [0.1, 0.15) is 11.1 Å². The van der Waals surface area contributed by atoms with Crippen LogP contribution in [0.3, 0.4) is 0 Å². The van der Waals surface area contributed by atoms with Crippen molar-refractivity contribution in [1.29, 1.82) is 0 Å². The predicted octanol–water partition coefficient (Wildman–Crippen LogP) is 3.20. The first kappa shape index (κ1) is 21.5. The second kappa shape index (κ2) is 10.0. The monoisotopic (exact) mass is 424 g/mol. The average Bonchev–Trinajstić information content (AvgIpc) is 2.78. The molecule has 3 aromatic carbocycles. The van der Waals surface area contributed by atoms with Gasteiger partial charge in [-0.25, -0.2) is 13.1 Å². The van der Waals surface area contributed by atoms with E-state index in [0.717, 1.165) is 11.1 Å². The van der Waals surface area contributed by atoms with E-state index >= 15 is 0 Å². The fourth-order valence-corrected chi connectivity index (χ4v) is 3.92. The molecule has 3 rings (SSSR count). The van der Waals surface area contributed by atoms with Crippen molar-refractivity contribution >= 4 is 15.9 Å². The number of rotatable bonds is 9. The molecule has 30 heavy (non-hydrogen) atoms. The van der Waals surface area contributed by atoms with Crippen molar-refractivity contribution in [2.45, 2.75) is 18.0 Å². The number of amides is 1. The minimum Gasteiger partial charge on any atom is -0.497 e. The van der Waals surface area contributed by atoms with Crippen LogP contribution in [0, 0.1) is 0 Å². The first-order valence-corrected chi connectivity index (χ1v) is 11.0. The average molecular weight is 425 g/mol. The summed E-state index contributed by atoms with van der Waals surface area (Å²) in [6, 6.07) is 25.2. The molecule has 0 aliphatic carbocycles. The zero-order chi connectivity index (χ0) is 21.4. The van der Waals surface area contributed by atoms with Gasteiger partial charge in [0.25, 0.3) is 0 Å². The van der Waals surface area contributed by atoms with E-state index in [1.807, 2.05) is 60.7 Å². The molecule has 1 amide bonds. The molecule has 0 aromatic heterocycles. The van der Waals surface area contributed by atoms with Gasteiger partial charge in [0.15, 0.2) is 0 Å². The Morgan fingerprint density at radius 3 is 1.80 bits per heavy atom. The Balaban J connectivity index is 1.71. The Labute approximate surface area is 177 Å². The summed E-state index contributed by atoms with van der Waals surface area (Å²) >= 11 is 0. The van der Waals surface area contributed by atoms with Crippen molar-refractivity contribution in [3.05, 3.63) is 96.1 Å². The van der Waals surface area contributed by atoms with E-state index in [1.54, 1.807) is 17.0 Å². The highest BCUT2D eigenvalue weighted by atomic mass is 32.2. The van der Waals surface area contributed by atoms with Crippen LogP contribution in [0.15, 0.2) is 89.8 Å². The largest absolute Gasteiger partial charge is 0.497 e. The number of nitrogens with zero attached hydrogens (tertiary/aromatic N) is 1. The van der Waals surface area contributed by atoms with Gasteiger partial charge < -0.3 is 9.64 Å². The van der Waals surface area contributed by atoms with Crippen LogP contribution in [0.2, 0.25) is 0 Å². The van der Waals surface area contributed by atoms with E-state index in [-0.39, 0.29) is 17.3 Å². The molecular formula is C23H24N2O4S. The molecule has 1 N–H and O–H groups in total. The third-order valence-corrected chi connectivity index (χ3v) is 5.99. The number of sulfonamides is 1. The first-order valence-electron chi connectivity index (χ1n) is 9.47. The normalized spacial score (nSPS) is 11.1. The van der Waals surface area contributed by atoms with Gasteiger partial charge in [0, 0.05) is 13.1 Å². The number of nitrogens with one attached hydrogen (secondary N) is 1. The van der Waals surface area contributed by atoms with E-state index in [0.29, 0.717) is 18.8 Å². The molecule has 0 saturated heterocycles. The first-order chi connectivity index (χ1) is 14.5. The molecule has 7 heteroatoms. The lowest BCUT2D eigenvalue weighted by molar-refractivity contribution is -0.131. The van der Waals surface area contributed by atoms with Gasteiger partial charge >= 0.3 is 0 Å². The molecular weight excluding hydrogens is 400 g/mol. The molecule has 0 unspecified atom stereocenters. The van der Waals surface area contributed by atoms with Gasteiger partial charge in [-0.05, 0) is 35.4 Å². The van der Waals surface area contributed by atoms with Crippen LogP contribution >= 0.6 is 0 Å². The molecule has 6 nitrogen and oxygen atoms in total. The lowest BCUT2D eigenvalue weighted by Gasteiger charge is -2.23. The van der Waals surface area contributed by atoms with Crippen LogP contribution in [0.25, 0.3) is 0 Å². The highest BCUT2D eigenvalue weighted by Crippen LogP contribution is 2.15. The molecule has 0 fully saturated rings. The summed E-state index contributed by atoms with van der Waals surface area (Å²) in [4.78, 5) is 14.6. The maximum atomic E-state index is 12.9. The third kappa shape index (κ3) is 5.92. The minimum absolute atomic E-state index is 0.0776. The lowest BCUT2D eigenvalue weighted by Crippen LogP contribution is -2.39. The van der Waals surface area contributed by atoms with Crippen molar-refractivity contribution < 1.29 is 17.9 Å². The molecule has 0 heterocycles. The van der Waals surface area contributed by atoms with Gasteiger partial charge in [0.2, 0.25) is 15.9 Å². The maximum absolute atomic E-state index is 12.9. The summed E-state index contributed by atoms with van der Waals surface area (Å²) in [5, 5.41) is 0. The standard InChI is InChI=1S/C23H24N2O4S/c1-29-21-12-14-22(15-13-21)30(27,28)24-16-23(26)25(17-19-8-4-2-5-9-19)18-20-10-6-3-7-11-20/h2-15,24H,16-18H2,1H3. The number of carbonyl (C=O) groups excluding carboxylic acids is 1. The lowest BCUT2D eigenvalue weighted by atomic mass is 10.1. The molecule has 0 bridgehead atoms. The predicted molar refractivity (Wildman–Crippen MR) is 115 cm³/mol. The van der Waals surface area contributed by atoms with Crippen LogP contribution in [-0.4, -0.2) is 32.9 Å². The maximum Gasteiger partial charge on any atom is 0.241 e. The van der Waals surface area contributed by atoms with Gasteiger partial charge in [-0.1, -0.05) is 60.7 Å². The van der Waals surface area contributed by atoms with Gasteiger partial charge in [0.05, 0.1) is 18.6 Å². The summed E-state index contributed by atoms with van der Waals surface area (Å²) in [5.41, 5.74) is 1.94. The topological polar surface area (TPSA) is 75.7 Å². The molecule has 0 spiro atoms. The van der Waals surface area contributed by atoms with Crippen LogP contribution in [0.4, 0.5) is 0 Å². The Kier molecular flexibility index (Phi) is 7.21. The molecule has 0 saturated carbocycles. The second-order valence-electron chi connectivity index (χ2n) is 6.72. The zero-order valence-corrected chi connectivity index (χ0v) is 17.5. The summed E-state index contributed by atoms with van der Waals surface area (Å²) in [6.07, 6.45) is 0. The van der Waals surface area contributed by atoms with Crippen LogP contribution < -0.4 is 9.46 Å². The smallest absolute Gasteiger partial charge is 0.241 e. The molecule has 0 radical (unpaired) electrons. The number of ether oxygens (including phenoxy) is 1.